The summed E-state index contributed by atoms with van der Waals surface area (Å²) in [5.41, 5.74) is 0. The van der Waals surface area contributed by atoms with Crippen molar-refractivity contribution in [2.75, 3.05) is 0 Å². The number of rotatable bonds is 4. The molecule has 1 heterocycles. The molecule has 0 radical (unpaired) electrons. The van der Waals surface area contributed by atoms with Crippen LogP contribution in [0.4, 0.5) is 0 Å². The van der Waals surface area contributed by atoms with Crippen LogP contribution in [0, 0.1) is 17.8 Å². The molecule has 3 atom stereocenters. The first-order valence-corrected chi connectivity index (χ1v) is 6.98. The zero-order valence-electron chi connectivity index (χ0n) is 10.3. The predicted molar refractivity (Wildman–Crippen MR) is 69.2 cm³/mol. The topological polar surface area (TPSA) is 66.4 Å². The molecule has 2 N–H and O–H groups in total. The molecule has 1 aliphatic rings. The van der Waals surface area contributed by atoms with E-state index in [2.05, 4.69) is 5.32 Å². The van der Waals surface area contributed by atoms with Gasteiger partial charge in [-0.25, -0.2) is 0 Å². The Labute approximate surface area is 110 Å². The molecule has 1 aromatic heterocycles. The van der Waals surface area contributed by atoms with Crippen LogP contribution < -0.4 is 5.32 Å². The van der Waals surface area contributed by atoms with E-state index in [9.17, 15) is 9.59 Å². The summed E-state index contributed by atoms with van der Waals surface area (Å²) in [5.74, 6) is -1.57. The lowest BCUT2D eigenvalue weighted by molar-refractivity contribution is -0.146. The van der Waals surface area contributed by atoms with Gasteiger partial charge in [0.05, 0.1) is 18.4 Å². The molecule has 1 aromatic rings. The number of carbonyl (C=O) groups excluding carboxylic acids is 1. The largest absolute Gasteiger partial charge is 0.481 e. The van der Waals surface area contributed by atoms with E-state index in [0.717, 1.165) is 4.88 Å². The smallest absolute Gasteiger partial charge is 0.307 e. The molecular weight excluding hydrogens is 250 g/mol. The first-order valence-electron chi connectivity index (χ1n) is 6.11. The Morgan fingerprint density at radius 3 is 2.78 bits per heavy atom. The van der Waals surface area contributed by atoms with Crippen LogP contribution in [0.3, 0.4) is 0 Å². The highest BCUT2D eigenvalue weighted by Crippen LogP contribution is 2.36. The minimum Gasteiger partial charge on any atom is -0.481 e. The van der Waals surface area contributed by atoms with Gasteiger partial charge in [0, 0.05) is 4.88 Å². The molecule has 1 unspecified atom stereocenters. The van der Waals surface area contributed by atoms with Crippen molar-refractivity contribution >= 4 is 23.2 Å². The van der Waals surface area contributed by atoms with Gasteiger partial charge in [-0.2, -0.15) is 0 Å². The van der Waals surface area contributed by atoms with E-state index in [0.29, 0.717) is 25.3 Å². The second-order valence-electron chi connectivity index (χ2n) is 4.92. The molecule has 0 aromatic carbocycles. The quantitative estimate of drug-likeness (QED) is 0.878. The number of hydrogen-bond donors (Lipinski definition) is 2. The summed E-state index contributed by atoms with van der Waals surface area (Å²) >= 11 is 1.58. The summed E-state index contributed by atoms with van der Waals surface area (Å²) in [6.45, 7) is 2.50. The average Bonchev–Trinajstić information content (AvgIpc) is 2.94. The van der Waals surface area contributed by atoms with Crippen molar-refractivity contribution in [2.24, 2.45) is 17.8 Å². The summed E-state index contributed by atoms with van der Waals surface area (Å²) in [6, 6.07) is 3.89. The van der Waals surface area contributed by atoms with E-state index < -0.39 is 11.9 Å². The van der Waals surface area contributed by atoms with Gasteiger partial charge in [-0.3, -0.25) is 9.59 Å². The molecule has 1 aliphatic carbocycles. The Bertz CT molecular complexity index is 429. The number of nitrogens with one attached hydrogen (secondary N) is 1. The van der Waals surface area contributed by atoms with E-state index in [-0.39, 0.29) is 11.8 Å². The van der Waals surface area contributed by atoms with Crippen molar-refractivity contribution in [3.63, 3.8) is 0 Å². The predicted octanol–water partition coefficient (Wildman–Crippen LogP) is 2.11. The van der Waals surface area contributed by atoms with Crippen molar-refractivity contribution in [2.45, 2.75) is 26.3 Å². The van der Waals surface area contributed by atoms with Crippen molar-refractivity contribution in [1.82, 2.24) is 5.32 Å². The van der Waals surface area contributed by atoms with Gasteiger partial charge in [0.2, 0.25) is 5.91 Å². The van der Waals surface area contributed by atoms with Gasteiger partial charge in [0.15, 0.2) is 0 Å². The van der Waals surface area contributed by atoms with E-state index in [4.69, 9.17) is 5.11 Å². The maximum Gasteiger partial charge on any atom is 0.307 e. The van der Waals surface area contributed by atoms with Crippen LogP contribution in [-0.4, -0.2) is 17.0 Å². The molecule has 0 bridgehead atoms. The summed E-state index contributed by atoms with van der Waals surface area (Å²) in [4.78, 5) is 24.2. The Balaban J connectivity index is 1.93. The molecule has 0 saturated heterocycles. The highest BCUT2D eigenvalue weighted by atomic mass is 32.1. The van der Waals surface area contributed by atoms with Gasteiger partial charge >= 0.3 is 5.97 Å². The first kappa shape index (κ1) is 13.1. The monoisotopic (exact) mass is 267 g/mol. The lowest BCUT2D eigenvalue weighted by atomic mass is 9.95. The Kier molecular flexibility index (Phi) is 4.01. The number of hydrogen-bond acceptors (Lipinski definition) is 3. The molecular formula is C13H17NO3S. The van der Waals surface area contributed by atoms with E-state index in [1.165, 1.54) is 0 Å². The van der Waals surface area contributed by atoms with Crippen molar-refractivity contribution in [1.29, 1.82) is 0 Å². The maximum atomic E-state index is 12.0. The fourth-order valence-corrected chi connectivity index (χ4v) is 3.22. The Morgan fingerprint density at radius 1 is 1.44 bits per heavy atom. The molecule has 18 heavy (non-hydrogen) atoms. The van der Waals surface area contributed by atoms with Crippen LogP contribution in [0.5, 0.6) is 0 Å². The van der Waals surface area contributed by atoms with Gasteiger partial charge in [0.1, 0.15) is 0 Å². The highest BCUT2D eigenvalue weighted by molar-refractivity contribution is 7.09. The van der Waals surface area contributed by atoms with E-state index in [1.54, 1.807) is 11.3 Å². The summed E-state index contributed by atoms with van der Waals surface area (Å²) in [6.07, 6.45) is 1.28. The SMILES string of the molecule is CC1C[C@H](C(=O)NCc2cccs2)[C@H](C(=O)O)C1. The number of carbonyl (C=O) groups is 2. The van der Waals surface area contributed by atoms with Crippen molar-refractivity contribution < 1.29 is 14.7 Å². The Morgan fingerprint density at radius 2 is 2.17 bits per heavy atom. The fraction of sp³-hybridized carbons (Fsp3) is 0.538. The van der Waals surface area contributed by atoms with Crippen LogP contribution in [0.25, 0.3) is 0 Å². The zero-order chi connectivity index (χ0) is 13.1. The lowest BCUT2D eigenvalue weighted by Crippen LogP contribution is -2.34. The normalized spacial score (nSPS) is 27.1. The third kappa shape index (κ3) is 2.90. The molecule has 1 saturated carbocycles. The number of thiophene rings is 1. The number of aliphatic carboxylic acids is 1. The van der Waals surface area contributed by atoms with Crippen molar-refractivity contribution in [3.8, 4) is 0 Å². The molecule has 0 spiro atoms. The summed E-state index contributed by atoms with van der Waals surface area (Å²) in [5, 5.41) is 13.9. The molecule has 0 aliphatic heterocycles. The standard InChI is InChI=1S/C13H17NO3S/c1-8-5-10(11(6-8)13(16)17)12(15)14-7-9-3-2-4-18-9/h2-4,8,10-11H,5-7H2,1H3,(H,14,15)(H,16,17)/t8?,10-,11+/m0/s1. The van der Waals surface area contributed by atoms with Gasteiger partial charge in [0.25, 0.3) is 0 Å². The summed E-state index contributed by atoms with van der Waals surface area (Å²) < 4.78 is 0. The fourth-order valence-electron chi connectivity index (χ4n) is 2.57. The van der Waals surface area contributed by atoms with Gasteiger partial charge in [-0.05, 0) is 30.2 Å². The molecule has 4 nitrogen and oxygen atoms in total. The third-order valence-corrected chi connectivity index (χ3v) is 4.35. The minimum absolute atomic E-state index is 0.125. The van der Waals surface area contributed by atoms with E-state index >= 15 is 0 Å². The van der Waals surface area contributed by atoms with E-state index in [1.807, 2.05) is 24.4 Å². The van der Waals surface area contributed by atoms with Gasteiger partial charge < -0.3 is 10.4 Å². The molecule has 98 valence electrons. The van der Waals surface area contributed by atoms with Crippen LogP contribution in [0.2, 0.25) is 0 Å². The summed E-state index contributed by atoms with van der Waals surface area (Å²) in [7, 11) is 0. The zero-order valence-corrected chi connectivity index (χ0v) is 11.1. The number of amides is 1. The molecule has 5 heteroatoms. The first-order chi connectivity index (χ1) is 8.58. The van der Waals surface area contributed by atoms with Crippen molar-refractivity contribution in [3.05, 3.63) is 22.4 Å². The highest BCUT2D eigenvalue weighted by Gasteiger charge is 2.40. The molecule has 2 rings (SSSR count). The molecule has 1 amide bonds. The third-order valence-electron chi connectivity index (χ3n) is 3.47. The van der Waals surface area contributed by atoms with Crippen LogP contribution in [-0.2, 0) is 16.1 Å². The maximum absolute atomic E-state index is 12.0. The van der Waals surface area contributed by atoms with Gasteiger partial charge in [-0.1, -0.05) is 13.0 Å². The second kappa shape index (κ2) is 5.52. The molecule has 1 fully saturated rings. The second-order valence-corrected chi connectivity index (χ2v) is 5.96. The van der Waals surface area contributed by atoms with Gasteiger partial charge in [-0.15, -0.1) is 11.3 Å². The number of carboxylic acid groups (broad SMARTS) is 1. The average molecular weight is 267 g/mol. The van der Waals surface area contributed by atoms with Crippen LogP contribution in [0.1, 0.15) is 24.6 Å². The van der Waals surface area contributed by atoms with Crippen LogP contribution >= 0.6 is 11.3 Å². The number of carboxylic acids is 1. The van der Waals surface area contributed by atoms with Crippen LogP contribution in [0.15, 0.2) is 17.5 Å². The minimum atomic E-state index is -0.851. The lowest BCUT2D eigenvalue weighted by Gasteiger charge is -2.15. The Hall–Kier alpha value is -1.36.